The number of amides is 2. The number of hydroxylamine groups is 1. The van der Waals surface area contributed by atoms with Gasteiger partial charge in [-0.15, -0.1) is 0 Å². The van der Waals surface area contributed by atoms with Crippen LogP contribution < -0.4 is 16.5 Å². The molecule has 0 saturated heterocycles. The van der Waals surface area contributed by atoms with Crippen LogP contribution in [0.25, 0.3) is 0 Å². The molecule has 2 aromatic rings. The maximum Gasteiger partial charge on any atom is 0.268 e. The van der Waals surface area contributed by atoms with Gasteiger partial charge in [0.15, 0.2) is 0 Å². The molecule has 2 aromatic carbocycles. The predicted octanol–water partition coefficient (Wildman–Crippen LogP) is 1.74. The minimum atomic E-state index is -3.13. The lowest BCUT2D eigenvalue weighted by molar-refractivity contribution is -0.134. The largest absolute Gasteiger partial charge is 0.338 e. The molecule has 0 heterocycles. The second-order valence-electron chi connectivity index (χ2n) is 8.06. The number of carbonyl (C=O) groups is 2. The minimum absolute atomic E-state index is 0.0928. The molecule has 9 heteroatoms. The second-order valence-corrected chi connectivity index (χ2v) is 8.06. The summed E-state index contributed by atoms with van der Waals surface area (Å²) in [6.45, 7) is 1.74. The molecule has 178 valence electrons. The molecular formula is C25H26F2N4O3. The van der Waals surface area contributed by atoms with Crippen molar-refractivity contribution in [2.75, 3.05) is 14.1 Å². The van der Waals surface area contributed by atoms with E-state index < -0.39 is 29.8 Å². The van der Waals surface area contributed by atoms with Crippen LogP contribution >= 0.6 is 0 Å². The van der Waals surface area contributed by atoms with Gasteiger partial charge in [-0.3, -0.25) is 14.8 Å². The van der Waals surface area contributed by atoms with Gasteiger partial charge in [-0.25, -0.2) is 14.3 Å². The maximum atomic E-state index is 13.2. The number of nitrogens with two attached hydrogens (primary N) is 1. The van der Waals surface area contributed by atoms with E-state index in [1.165, 1.54) is 23.2 Å². The number of benzene rings is 2. The van der Waals surface area contributed by atoms with Crippen molar-refractivity contribution in [1.82, 2.24) is 15.7 Å². The average Bonchev–Trinajstić information content (AvgIpc) is 2.80. The highest BCUT2D eigenvalue weighted by molar-refractivity contribution is 5.98. The van der Waals surface area contributed by atoms with Gasteiger partial charge in [0.2, 0.25) is 0 Å². The maximum absolute atomic E-state index is 13.2. The van der Waals surface area contributed by atoms with Crippen LogP contribution in [0.1, 0.15) is 34.0 Å². The van der Waals surface area contributed by atoms with Crippen molar-refractivity contribution in [1.29, 1.82) is 0 Å². The van der Waals surface area contributed by atoms with E-state index in [1.54, 1.807) is 12.1 Å². The number of halogens is 2. The molecule has 0 fully saturated rings. The zero-order chi connectivity index (χ0) is 25.3. The third kappa shape index (κ3) is 7.39. The van der Waals surface area contributed by atoms with Gasteiger partial charge in [0, 0.05) is 23.2 Å². The number of rotatable bonds is 7. The van der Waals surface area contributed by atoms with E-state index in [0.29, 0.717) is 5.56 Å². The van der Waals surface area contributed by atoms with Crippen LogP contribution in [-0.2, 0) is 11.3 Å². The van der Waals surface area contributed by atoms with Gasteiger partial charge in [0.1, 0.15) is 11.6 Å². The van der Waals surface area contributed by atoms with Gasteiger partial charge in [-0.05, 0) is 74.8 Å². The van der Waals surface area contributed by atoms with Crippen LogP contribution in [-0.4, -0.2) is 54.0 Å². The van der Waals surface area contributed by atoms with E-state index in [-0.39, 0.29) is 5.56 Å². The SMILES string of the molecule is CN(C)Cc1ccc(C#CC#Cc2ccc(C(=O)N[C@H](C(=O)NO)C(C)(N)C(F)F)cc2)cc1. The molecule has 0 aliphatic carbocycles. The Morgan fingerprint density at radius 1 is 1.03 bits per heavy atom. The Kier molecular flexibility index (Phi) is 9.28. The highest BCUT2D eigenvalue weighted by atomic mass is 19.3. The number of alkyl halides is 2. The van der Waals surface area contributed by atoms with E-state index in [0.717, 1.165) is 19.0 Å². The summed E-state index contributed by atoms with van der Waals surface area (Å²) in [6.07, 6.45) is -3.13. The molecule has 0 radical (unpaired) electrons. The first-order chi connectivity index (χ1) is 16.0. The van der Waals surface area contributed by atoms with Gasteiger partial charge in [0.25, 0.3) is 18.2 Å². The molecule has 5 N–H and O–H groups in total. The summed E-state index contributed by atoms with van der Waals surface area (Å²) in [5, 5.41) is 10.9. The molecular weight excluding hydrogens is 442 g/mol. The van der Waals surface area contributed by atoms with Crippen molar-refractivity contribution in [3.63, 3.8) is 0 Å². The Morgan fingerprint density at radius 2 is 1.53 bits per heavy atom. The Balaban J connectivity index is 2.06. The first-order valence-corrected chi connectivity index (χ1v) is 10.2. The van der Waals surface area contributed by atoms with E-state index in [2.05, 4.69) is 33.9 Å². The van der Waals surface area contributed by atoms with E-state index in [9.17, 15) is 18.4 Å². The Bertz CT molecular complexity index is 1120. The normalized spacial score (nSPS) is 13.1. The molecule has 34 heavy (non-hydrogen) atoms. The number of hydrogen-bond acceptors (Lipinski definition) is 5. The van der Waals surface area contributed by atoms with Crippen molar-refractivity contribution < 1.29 is 23.6 Å². The fourth-order valence-electron chi connectivity index (χ4n) is 2.88. The fraction of sp³-hybridized carbons (Fsp3) is 0.280. The lowest BCUT2D eigenvalue weighted by Gasteiger charge is -2.32. The van der Waals surface area contributed by atoms with Crippen molar-refractivity contribution >= 4 is 11.8 Å². The molecule has 0 aromatic heterocycles. The smallest absolute Gasteiger partial charge is 0.268 e. The number of nitrogens with one attached hydrogen (secondary N) is 2. The lowest BCUT2D eigenvalue weighted by atomic mass is 9.92. The van der Waals surface area contributed by atoms with Gasteiger partial charge in [0.05, 0.1) is 0 Å². The molecule has 0 spiro atoms. The van der Waals surface area contributed by atoms with Gasteiger partial charge >= 0.3 is 0 Å². The predicted molar refractivity (Wildman–Crippen MR) is 124 cm³/mol. The molecule has 2 atom stereocenters. The van der Waals surface area contributed by atoms with Crippen molar-refractivity contribution in [3.8, 4) is 23.7 Å². The Labute approximate surface area is 197 Å². The summed E-state index contributed by atoms with van der Waals surface area (Å²) in [6, 6.07) is 11.9. The zero-order valence-electron chi connectivity index (χ0n) is 19.0. The number of carbonyl (C=O) groups excluding carboxylic acids is 2. The average molecular weight is 469 g/mol. The van der Waals surface area contributed by atoms with Crippen molar-refractivity contribution in [2.24, 2.45) is 5.73 Å². The molecule has 0 bridgehead atoms. The summed E-state index contributed by atoms with van der Waals surface area (Å²) < 4.78 is 26.4. The quantitative estimate of drug-likeness (QED) is 0.281. The third-order valence-electron chi connectivity index (χ3n) is 4.82. The van der Waals surface area contributed by atoms with E-state index in [1.807, 2.05) is 38.4 Å². The van der Waals surface area contributed by atoms with Gasteiger partial charge < -0.3 is 16.0 Å². The molecule has 0 aliphatic heterocycles. The molecule has 2 rings (SSSR count). The first kappa shape index (κ1) is 26.5. The number of nitrogens with zero attached hydrogens (tertiary/aromatic N) is 1. The van der Waals surface area contributed by atoms with Crippen LogP contribution in [0.4, 0.5) is 8.78 Å². The molecule has 2 amide bonds. The van der Waals surface area contributed by atoms with Gasteiger partial charge in [-0.1, -0.05) is 24.0 Å². The summed E-state index contributed by atoms with van der Waals surface area (Å²) in [5.74, 6) is 9.23. The highest BCUT2D eigenvalue weighted by Gasteiger charge is 2.44. The van der Waals surface area contributed by atoms with Crippen LogP contribution in [0.5, 0.6) is 0 Å². The first-order valence-electron chi connectivity index (χ1n) is 10.2. The highest BCUT2D eigenvalue weighted by Crippen LogP contribution is 2.18. The Hall–Kier alpha value is -3.76. The lowest BCUT2D eigenvalue weighted by Crippen LogP contribution is -2.66. The molecule has 1 unspecified atom stereocenters. The molecule has 0 saturated carbocycles. The minimum Gasteiger partial charge on any atom is -0.338 e. The number of hydrogen-bond donors (Lipinski definition) is 4. The van der Waals surface area contributed by atoms with Crippen LogP contribution in [0.3, 0.4) is 0 Å². The van der Waals surface area contributed by atoms with Crippen molar-refractivity contribution in [3.05, 3.63) is 70.8 Å². The van der Waals surface area contributed by atoms with Crippen LogP contribution in [0.15, 0.2) is 48.5 Å². The zero-order valence-corrected chi connectivity index (χ0v) is 19.0. The Morgan fingerprint density at radius 3 is 1.97 bits per heavy atom. The van der Waals surface area contributed by atoms with E-state index >= 15 is 0 Å². The summed E-state index contributed by atoms with van der Waals surface area (Å²) >= 11 is 0. The van der Waals surface area contributed by atoms with E-state index in [4.69, 9.17) is 10.9 Å². The summed E-state index contributed by atoms with van der Waals surface area (Å²) in [5.41, 5.74) is 7.02. The topological polar surface area (TPSA) is 108 Å². The fourth-order valence-corrected chi connectivity index (χ4v) is 2.88. The second kappa shape index (κ2) is 11.9. The van der Waals surface area contributed by atoms with Gasteiger partial charge in [-0.2, -0.15) is 0 Å². The standard InChI is InChI=1S/C25H26F2N4O3/c1-25(28,24(26)27)21(23(33)30-34)29-22(32)20-14-12-18(13-15-20)7-5-4-6-17-8-10-19(11-9-17)16-31(2)3/h8-15,21,24,34H,16,28H2,1-3H3,(H,29,32)(H,30,33)/t21-,25?/m1/s1. The van der Waals surface area contributed by atoms with Crippen LogP contribution in [0, 0.1) is 23.7 Å². The third-order valence-corrected chi connectivity index (χ3v) is 4.82. The monoisotopic (exact) mass is 468 g/mol. The molecule has 7 nitrogen and oxygen atoms in total. The van der Waals surface area contributed by atoms with Crippen molar-refractivity contribution in [2.45, 2.75) is 31.5 Å². The summed E-state index contributed by atoms with van der Waals surface area (Å²) in [7, 11) is 4.00. The summed E-state index contributed by atoms with van der Waals surface area (Å²) in [4.78, 5) is 26.3. The van der Waals surface area contributed by atoms with Crippen LogP contribution in [0.2, 0.25) is 0 Å². The molecule has 0 aliphatic rings.